The van der Waals surface area contributed by atoms with Crippen LogP contribution in [0.3, 0.4) is 0 Å². The molecule has 0 unspecified atom stereocenters. The third-order valence-corrected chi connectivity index (χ3v) is 7.18. The maximum Gasteiger partial charge on any atom is 0.265 e. The highest BCUT2D eigenvalue weighted by Gasteiger charge is 2.30. The number of carbonyl (C=O) groups excluding carboxylic acids is 2. The van der Waals surface area contributed by atoms with Crippen LogP contribution in [0.2, 0.25) is 0 Å². The van der Waals surface area contributed by atoms with Gasteiger partial charge in [-0.25, -0.2) is 8.42 Å². The van der Waals surface area contributed by atoms with Crippen molar-refractivity contribution in [2.75, 3.05) is 18.9 Å². The minimum Gasteiger partial charge on any atom is -0.479 e. The van der Waals surface area contributed by atoms with Crippen LogP contribution in [-0.4, -0.2) is 50.3 Å². The lowest BCUT2D eigenvalue weighted by Gasteiger charge is -2.26. The second kappa shape index (κ2) is 8.08. The second-order valence-electron chi connectivity index (χ2n) is 7.53. The highest BCUT2D eigenvalue weighted by molar-refractivity contribution is 7.89. The molecule has 1 heterocycles. The third kappa shape index (κ3) is 4.30. The Morgan fingerprint density at radius 2 is 1.96 bits per heavy atom. The predicted molar refractivity (Wildman–Crippen MR) is 105 cm³/mol. The van der Waals surface area contributed by atoms with E-state index in [1.807, 2.05) is 0 Å². The van der Waals surface area contributed by atoms with Crippen LogP contribution < -0.4 is 15.4 Å². The van der Waals surface area contributed by atoms with Crippen LogP contribution in [0, 0.1) is 6.92 Å². The van der Waals surface area contributed by atoms with Gasteiger partial charge in [0.05, 0.1) is 17.1 Å². The Labute approximate surface area is 165 Å². The summed E-state index contributed by atoms with van der Waals surface area (Å²) in [5, 5.41) is 5.63. The molecule has 1 aromatic carbocycles. The highest BCUT2D eigenvalue weighted by Crippen LogP contribution is 2.35. The van der Waals surface area contributed by atoms with E-state index in [-0.39, 0.29) is 29.3 Å². The van der Waals surface area contributed by atoms with Crippen LogP contribution in [0.15, 0.2) is 17.0 Å². The molecule has 1 atom stereocenters. The molecule has 2 amide bonds. The van der Waals surface area contributed by atoms with Gasteiger partial charge in [-0.05, 0) is 38.3 Å². The number of rotatable bonds is 5. The van der Waals surface area contributed by atoms with Gasteiger partial charge in [0.25, 0.3) is 5.91 Å². The lowest BCUT2D eigenvalue weighted by Crippen LogP contribution is -2.43. The Kier molecular flexibility index (Phi) is 5.95. The zero-order chi connectivity index (χ0) is 20.5. The first-order valence-electron chi connectivity index (χ1n) is 9.56. The number of sulfonamides is 1. The van der Waals surface area contributed by atoms with Gasteiger partial charge in [0, 0.05) is 19.2 Å². The number of aryl methyl sites for hydroxylation is 1. The van der Waals surface area contributed by atoms with Gasteiger partial charge >= 0.3 is 0 Å². The van der Waals surface area contributed by atoms with Crippen LogP contribution in [0.4, 0.5) is 5.69 Å². The molecule has 1 aliphatic heterocycles. The van der Waals surface area contributed by atoms with Crippen LogP contribution in [-0.2, 0) is 19.6 Å². The zero-order valence-electron chi connectivity index (χ0n) is 16.4. The summed E-state index contributed by atoms with van der Waals surface area (Å²) in [5.41, 5.74) is 0.911. The third-order valence-electron chi connectivity index (χ3n) is 5.23. The van der Waals surface area contributed by atoms with Crippen molar-refractivity contribution in [3.8, 4) is 5.75 Å². The van der Waals surface area contributed by atoms with E-state index in [2.05, 4.69) is 10.6 Å². The highest BCUT2D eigenvalue weighted by atomic mass is 32.2. The monoisotopic (exact) mass is 409 g/mol. The van der Waals surface area contributed by atoms with Crippen LogP contribution in [0.5, 0.6) is 5.75 Å². The summed E-state index contributed by atoms with van der Waals surface area (Å²) in [6.07, 6.45) is 4.52. The number of hydrogen-bond acceptors (Lipinski definition) is 5. The first kappa shape index (κ1) is 20.6. The number of hydrogen-bond donors (Lipinski definition) is 2. The van der Waals surface area contributed by atoms with E-state index >= 15 is 0 Å². The minimum absolute atomic E-state index is 0.0579. The first-order chi connectivity index (χ1) is 13.2. The number of nitrogens with zero attached hydrogens (tertiary/aromatic N) is 1. The van der Waals surface area contributed by atoms with Gasteiger partial charge in [0.1, 0.15) is 5.75 Å². The summed E-state index contributed by atoms with van der Waals surface area (Å²) in [6.45, 7) is 2.99. The lowest BCUT2D eigenvalue weighted by atomic mass is 9.95. The molecule has 154 valence electrons. The summed E-state index contributed by atoms with van der Waals surface area (Å²) in [5.74, 6) is -0.277. The van der Waals surface area contributed by atoms with E-state index < -0.39 is 16.1 Å². The molecular formula is C19H27N3O5S. The normalized spacial score (nSPS) is 20.3. The Hall–Kier alpha value is -2.13. The number of fused-ring (bicyclic) bond motifs is 1. The average Bonchev–Trinajstić information content (AvgIpc) is 2.63. The van der Waals surface area contributed by atoms with Gasteiger partial charge < -0.3 is 15.4 Å². The zero-order valence-corrected chi connectivity index (χ0v) is 17.3. The molecule has 1 fully saturated rings. The van der Waals surface area contributed by atoms with Crippen molar-refractivity contribution in [2.24, 2.45) is 0 Å². The Bertz CT molecular complexity index is 878. The van der Waals surface area contributed by atoms with Crippen molar-refractivity contribution in [1.82, 2.24) is 9.62 Å². The maximum atomic E-state index is 13.0. The van der Waals surface area contributed by atoms with Crippen molar-refractivity contribution < 1.29 is 22.7 Å². The number of anilines is 1. The van der Waals surface area contributed by atoms with Gasteiger partial charge in [-0.15, -0.1) is 0 Å². The van der Waals surface area contributed by atoms with Crippen molar-refractivity contribution in [3.05, 3.63) is 17.7 Å². The molecule has 2 aliphatic rings. The molecule has 2 N–H and O–H groups in total. The molecule has 0 aromatic heterocycles. The molecule has 1 aromatic rings. The van der Waals surface area contributed by atoms with Crippen molar-refractivity contribution in [2.45, 2.75) is 63.0 Å². The molecule has 0 saturated heterocycles. The fraction of sp³-hybridized carbons (Fsp3) is 0.579. The van der Waals surface area contributed by atoms with Crippen LogP contribution >= 0.6 is 0 Å². The van der Waals surface area contributed by atoms with E-state index in [9.17, 15) is 18.0 Å². The molecule has 0 spiro atoms. The molecule has 8 nitrogen and oxygen atoms in total. The second-order valence-corrected chi connectivity index (χ2v) is 9.54. The van der Waals surface area contributed by atoms with Crippen LogP contribution in [0.1, 0.15) is 44.6 Å². The molecule has 1 saturated carbocycles. The molecule has 0 bridgehead atoms. The molecule has 3 rings (SSSR count). The SMILES string of the molecule is Cc1cc2c(cc1S(=O)(=O)N(C)CC(=O)NC1CCCCC1)O[C@H](C)C(=O)N2. The van der Waals surface area contributed by atoms with Gasteiger partial charge in [0.15, 0.2) is 6.10 Å². The van der Waals surface area contributed by atoms with Crippen molar-refractivity contribution in [1.29, 1.82) is 0 Å². The molecule has 0 radical (unpaired) electrons. The quantitative estimate of drug-likeness (QED) is 0.771. The van der Waals surface area contributed by atoms with E-state index in [1.165, 1.54) is 19.5 Å². The van der Waals surface area contributed by atoms with E-state index in [1.54, 1.807) is 19.9 Å². The summed E-state index contributed by atoms with van der Waals surface area (Å²) >= 11 is 0. The van der Waals surface area contributed by atoms with E-state index in [4.69, 9.17) is 4.74 Å². The summed E-state index contributed by atoms with van der Waals surface area (Å²) < 4.78 is 32.6. The fourth-order valence-electron chi connectivity index (χ4n) is 3.60. The Morgan fingerprint density at radius 1 is 1.29 bits per heavy atom. The smallest absolute Gasteiger partial charge is 0.265 e. The number of nitrogens with one attached hydrogen (secondary N) is 2. The van der Waals surface area contributed by atoms with Gasteiger partial charge in [0.2, 0.25) is 15.9 Å². The topological polar surface area (TPSA) is 105 Å². The van der Waals surface area contributed by atoms with E-state index in [0.717, 1.165) is 30.0 Å². The van der Waals surface area contributed by atoms with Gasteiger partial charge in [-0.3, -0.25) is 9.59 Å². The minimum atomic E-state index is -3.89. The Balaban J connectivity index is 1.75. The number of likely N-dealkylation sites (N-methyl/N-ethyl adjacent to an activating group) is 1. The summed E-state index contributed by atoms with van der Waals surface area (Å²) in [6, 6.07) is 3.11. The fourth-order valence-corrected chi connectivity index (χ4v) is 4.94. The maximum absolute atomic E-state index is 13.0. The number of carbonyl (C=O) groups is 2. The van der Waals surface area contributed by atoms with Crippen LogP contribution in [0.25, 0.3) is 0 Å². The van der Waals surface area contributed by atoms with E-state index in [0.29, 0.717) is 17.0 Å². The predicted octanol–water partition coefficient (Wildman–Crippen LogP) is 1.78. The largest absolute Gasteiger partial charge is 0.479 e. The Morgan fingerprint density at radius 3 is 2.64 bits per heavy atom. The lowest BCUT2D eigenvalue weighted by molar-refractivity contribution is -0.123. The number of amides is 2. The summed E-state index contributed by atoms with van der Waals surface area (Å²) in [7, 11) is -2.50. The standard InChI is InChI=1S/C19H27N3O5S/c1-12-9-15-16(27-13(2)19(24)21-15)10-17(12)28(25,26)22(3)11-18(23)20-14-7-5-4-6-8-14/h9-10,13-14H,4-8,11H2,1-3H3,(H,20,23)(H,21,24)/t13-/m1/s1. The molecule has 1 aliphatic carbocycles. The molecule has 9 heteroatoms. The van der Waals surface area contributed by atoms with Crippen molar-refractivity contribution in [3.63, 3.8) is 0 Å². The summed E-state index contributed by atoms with van der Waals surface area (Å²) in [4.78, 5) is 24.1. The molecule has 28 heavy (non-hydrogen) atoms. The van der Waals surface area contributed by atoms with Gasteiger partial charge in [-0.2, -0.15) is 4.31 Å². The average molecular weight is 410 g/mol. The van der Waals surface area contributed by atoms with Gasteiger partial charge in [-0.1, -0.05) is 19.3 Å². The molecular weight excluding hydrogens is 382 g/mol. The number of benzene rings is 1. The van der Waals surface area contributed by atoms with Crippen molar-refractivity contribution >= 4 is 27.5 Å². The first-order valence-corrected chi connectivity index (χ1v) is 11.0. The number of ether oxygens (including phenoxy) is 1.